The summed E-state index contributed by atoms with van der Waals surface area (Å²) in [5, 5.41) is 16.7. The zero-order valence-electron chi connectivity index (χ0n) is 24.6. The molecule has 1 saturated carbocycles. The van der Waals surface area contributed by atoms with Gasteiger partial charge in [0.15, 0.2) is 17.7 Å². The van der Waals surface area contributed by atoms with Gasteiger partial charge in [-0.15, -0.1) is 0 Å². The van der Waals surface area contributed by atoms with Crippen LogP contribution in [0.4, 0.5) is 0 Å². The minimum atomic E-state index is -0.917. The highest BCUT2D eigenvalue weighted by molar-refractivity contribution is 5.95. The summed E-state index contributed by atoms with van der Waals surface area (Å²) in [6, 6.07) is 7.61. The van der Waals surface area contributed by atoms with Gasteiger partial charge in [0, 0.05) is 43.6 Å². The van der Waals surface area contributed by atoms with Crippen LogP contribution in [-0.4, -0.2) is 110 Å². The van der Waals surface area contributed by atoms with Gasteiger partial charge in [0.25, 0.3) is 0 Å². The van der Waals surface area contributed by atoms with Crippen molar-refractivity contribution in [3.8, 4) is 17.6 Å². The van der Waals surface area contributed by atoms with Crippen LogP contribution in [0.3, 0.4) is 0 Å². The number of methoxy groups -OCH3 is 1. The number of fused-ring (bicyclic) bond motifs is 2. The molecule has 3 saturated heterocycles. The van der Waals surface area contributed by atoms with Crippen molar-refractivity contribution in [2.75, 3.05) is 46.9 Å². The van der Waals surface area contributed by atoms with Gasteiger partial charge in [0.05, 0.1) is 44.5 Å². The van der Waals surface area contributed by atoms with Gasteiger partial charge in [0.1, 0.15) is 11.5 Å². The van der Waals surface area contributed by atoms with E-state index in [1.807, 2.05) is 18.2 Å². The number of ketones is 1. The molecule has 1 aliphatic carbocycles. The Morgan fingerprint density at radius 2 is 2.12 bits per heavy atom. The predicted octanol–water partition coefficient (Wildman–Crippen LogP) is 1.24. The first kappa shape index (κ1) is 29.1. The number of carbonyl (C=O) groups is 2. The summed E-state index contributed by atoms with van der Waals surface area (Å²) in [6.45, 7) is 6.92. The van der Waals surface area contributed by atoms with E-state index in [1.165, 1.54) is 6.08 Å². The number of hydrogen-bond donors (Lipinski definition) is 2. The average molecular weight is 579 g/mol. The maximum Gasteiger partial charge on any atom is 0.246 e. The molecule has 4 heterocycles. The van der Waals surface area contributed by atoms with Crippen LogP contribution in [0.15, 0.2) is 30.9 Å². The highest BCUT2D eigenvalue weighted by Crippen LogP contribution is 2.45. The highest BCUT2D eigenvalue weighted by atomic mass is 16.5. The van der Waals surface area contributed by atoms with Crippen LogP contribution in [0.25, 0.3) is 0 Å². The number of carbonyl (C=O) groups excluding carboxylic acids is 2. The molecule has 0 radical (unpaired) electrons. The van der Waals surface area contributed by atoms with Gasteiger partial charge in [-0.1, -0.05) is 6.58 Å². The Balaban J connectivity index is 1.24. The summed E-state index contributed by atoms with van der Waals surface area (Å²) in [5.74, 6) is 1.37. The second-order valence-corrected chi connectivity index (χ2v) is 12.3. The molecule has 6 unspecified atom stereocenters. The van der Waals surface area contributed by atoms with Crippen molar-refractivity contribution in [2.45, 2.75) is 74.8 Å². The van der Waals surface area contributed by atoms with Crippen molar-refractivity contribution in [2.24, 2.45) is 5.92 Å². The summed E-state index contributed by atoms with van der Waals surface area (Å²) in [4.78, 5) is 33.3. The molecule has 11 heteroatoms. The number of rotatable bonds is 7. The Kier molecular flexibility index (Phi) is 8.26. The number of likely N-dealkylation sites (N-methyl/N-ethyl adjacent to an activating group) is 1. The average Bonchev–Trinajstić information content (AvgIpc) is 3.60. The maximum absolute atomic E-state index is 14.4. The SMILES string of the molecule is C=CC(=O)N1CCN(C2NC(OCC3CCCN3C)NC3C(=O)[C@]4(CCC32)Cc2cc(OC)ccc2O4)CC1CC#N. The number of hydrogen-bond acceptors (Lipinski definition) is 10. The van der Waals surface area contributed by atoms with E-state index in [0.717, 1.165) is 42.9 Å². The van der Waals surface area contributed by atoms with Gasteiger partial charge in [-0.05, 0) is 63.6 Å². The van der Waals surface area contributed by atoms with Crippen molar-refractivity contribution in [1.82, 2.24) is 25.3 Å². The first-order chi connectivity index (χ1) is 20.4. The van der Waals surface area contributed by atoms with Crippen molar-refractivity contribution in [1.29, 1.82) is 5.26 Å². The number of nitrogens with one attached hydrogen (secondary N) is 2. The summed E-state index contributed by atoms with van der Waals surface area (Å²) < 4.78 is 18.3. The fraction of sp³-hybridized carbons (Fsp3) is 0.645. The lowest BCUT2D eigenvalue weighted by Crippen LogP contribution is -2.75. The van der Waals surface area contributed by atoms with Crippen LogP contribution in [-0.2, 0) is 20.7 Å². The Hall–Kier alpha value is -3.01. The Morgan fingerprint density at radius 3 is 2.86 bits per heavy atom. The van der Waals surface area contributed by atoms with E-state index < -0.39 is 18.0 Å². The summed E-state index contributed by atoms with van der Waals surface area (Å²) >= 11 is 0. The smallest absolute Gasteiger partial charge is 0.246 e. The number of ether oxygens (including phenoxy) is 3. The zero-order chi connectivity index (χ0) is 29.4. The normalized spacial score (nSPS) is 34.9. The molecule has 0 aromatic heterocycles. The molecule has 42 heavy (non-hydrogen) atoms. The molecule has 1 amide bonds. The largest absolute Gasteiger partial charge is 0.497 e. The minimum Gasteiger partial charge on any atom is -0.497 e. The number of Topliss-reactive ketones (excluding diaryl/α,β-unsaturated/α-hetero) is 1. The summed E-state index contributed by atoms with van der Waals surface area (Å²) in [7, 11) is 3.76. The van der Waals surface area contributed by atoms with E-state index in [4.69, 9.17) is 14.2 Å². The zero-order valence-corrected chi connectivity index (χ0v) is 24.6. The van der Waals surface area contributed by atoms with Crippen LogP contribution in [0.1, 0.15) is 37.7 Å². The summed E-state index contributed by atoms with van der Waals surface area (Å²) in [5.41, 5.74) is 0.0745. The van der Waals surface area contributed by atoms with Crippen LogP contribution >= 0.6 is 0 Å². The first-order valence-electron chi connectivity index (χ1n) is 15.1. The van der Waals surface area contributed by atoms with Gasteiger partial charge >= 0.3 is 0 Å². The molecule has 11 nitrogen and oxygen atoms in total. The summed E-state index contributed by atoms with van der Waals surface area (Å²) in [6.07, 6.45) is 5.03. The van der Waals surface area contributed by atoms with Crippen LogP contribution in [0, 0.1) is 17.2 Å². The number of amides is 1. The van der Waals surface area contributed by atoms with E-state index in [-0.39, 0.29) is 36.2 Å². The number of nitriles is 1. The topological polar surface area (TPSA) is 119 Å². The number of likely N-dealkylation sites (tertiary alicyclic amines) is 1. The quantitative estimate of drug-likeness (QED) is 0.458. The minimum absolute atomic E-state index is 0.0247. The molecule has 6 rings (SSSR count). The van der Waals surface area contributed by atoms with Gasteiger partial charge in [-0.3, -0.25) is 25.1 Å². The van der Waals surface area contributed by atoms with E-state index in [0.29, 0.717) is 45.1 Å². The number of benzene rings is 1. The molecule has 1 aromatic rings. The maximum atomic E-state index is 14.4. The van der Waals surface area contributed by atoms with Crippen LogP contribution < -0.4 is 20.1 Å². The van der Waals surface area contributed by atoms with E-state index in [1.54, 1.807) is 12.0 Å². The predicted molar refractivity (Wildman–Crippen MR) is 155 cm³/mol. The van der Waals surface area contributed by atoms with Gasteiger partial charge in [-0.25, -0.2) is 0 Å². The molecule has 4 aliphatic heterocycles. The van der Waals surface area contributed by atoms with E-state index >= 15 is 0 Å². The van der Waals surface area contributed by atoms with E-state index in [2.05, 4.69) is 40.1 Å². The van der Waals surface area contributed by atoms with Gasteiger partial charge in [0.2, 0.25) is 5.91 Å². The molecular weight excluding hydrogens is 536 g/mol. The molecule has 226 valence electrons. The molecule has 1 aromatic carbocycles. The van der Waals surface area contributed by atoms with Crippen molar-refractivity contribution in [3.63, 3.8) is 0 Å². The van der Waals surface area contributed by atoms with Crippen LogP contribution in [0.2, 0.25) is 0 Å². The monoisotopic (exact) mass is 578 g/mol. The Morgan fingerprint density at radius 1 is 1.26 bits per heavy atom. The molecule has 2 N–H and O–H groups in total. The third-order valence-electron chi connectivity index (χ3n) is 9.97. The molecule has 0 bridgehead atoms. The van der Waals surface area contributed by atoms with E-state index in [9.17, 15) is 14.9 Å². The fourth-order valence-corrected chi connectivity index (χ4v) is 7.64. The second kappa shape index (κ2) is 11.9. The lowest BCUT2D eigenvalue weighted by Gasteiger charge is -2.53. The molecule has 7 atom stereocenters. The molecular formula is C31H42N6O5. The fourth-order valence-electron chi connectivity index (χ4n) is 7.64. The molecule has 4 fully saturated rings. The van der Waals surface area contributed by atoms with Crippen molar-refractivity contribution < 1.29 is 23.8 Å². The van der Waals surface area contributed by atoms with Crippen LogP contribution in [0.5, 0.6) is 11.5 Å². The van der Waals surface area contributed by atoms with Gasteiger partial charge in [-0.2, -0.15) is 5.26 Å². The number of nitrogens with zero attached hydrogens (tertiary/aromatic N) is 4. The molecule has 1 spiro atoms. The lowest BCUT2D eigenvalue weighted by atomic mass is 9.70. The lowest BCUT2D eigenvalue weighted by molar-refractivity contribution is -0.157. The Bertz CT molecular complexity index is 1250. The first-order valence-corrected chi connectivity index (χ1v) is 15.1. The highest BCUT2D eigenvalue weighted by Gasteiger charge is 2.58. The molecule has 5 aliphatic rings. The third kappa shape index (κ3) is 5.31. The van der Waals surface area contributed by atoms with Gasteiger partial charge < -0.3 is 24.0 Å². The van der Waals surface area contributed by atoms with Crippen molar-refractivity contribution >= 4 is 11.7 Å². The standard InChI is InChI=1S/C31H42N6O5/c1-4-26(38)37-15-14-36(18-21(37)10-12-32)29-24-9-11-31(17-20-16-23(40-3)7-8-25(20)42-31)28(39)27(24)33-30(34-29)41-19-22-6-5-13-35(22)2/h4,7-8,16,21-22,24,27,29-30,33-34H,1,5-6,9-11,13-15,17-19H2,2-3H3/t21?,22?,24?,27?,29?,30?,31-/m0/s1. The number of piperazine rings is 1. The second-order valence-electron chi connectivity index (χ2n) is 12.3. The Labute approximate surface area is 247 Å². The third-order valence-corrected chi connectivity index (χ3v) is 9.97. The van der Waals surface area contributed by atoms with Crippen molar-refractivity contribution in [3.05, 3.63) is 36.4 Å².